The Hall–Kier alpha value is -4.82. The molecule has 0 bridgehead atoms. The molecule has 2 aromatic rings. The summed E-state index contributed by atoms with van der Waals surface area (Å²) in [6, 6.07) is 17.9. The number of hydrogen-bond donors (Lipinski definition) is 3. The first kappa shape index (κ1) is 61.3. The van der Waals surface area contributed by atoms with Crippen LogP contribution in [-0.4, -0.2) is 73.0 Å². The quantitative estimate of drug-likeness (QED) is 0.0569. The molecule has 0 spiro atoms. The molecule has 64 heavy (non-hydrogen) atoms. The van der Waals surface area contributed by atoms with Crippen molar-refractivity contribution in [3.8, 4) is 25.2 Å². The maximum absolute atomic E-state index is 12.9. The van der Waals surface area contributed by atoms with E-state index in [-0.39, 0.29) is 54.9 Å². The van der Waals surface area contributed by atoms with Crippen molar-refractivity contribution < 1.29 is 47.7 Å². The van der Waals surface area contributed by atoms with Crippen LogP contribution in [0.25, 0.3) is 0 Å². The Morgan fingerprint density at radius 1 is 0.672 bits per heavy atom. The van der Waals surface area contributed by atoms with Gasteiger partial charge in [0, 0.05) is 0 Å². The number of amides is 2. The Kier molecular flexibility index (Phi) is 29.0. The standard InChI is InChI=1S/C26H45NO5Si.C20H31NO5.C3H4.C2H2/c1-11-19(2)23(27-24(29)31-25(3,4)5)21(32-33(9,10)26(6,7)8)17-22(28)30-18-20-15-13-12-14-16-20;1-6-14(2)18(21-19(24)26-20(3,4)5)16(22)12-17(23)25-13-15-10-8-7-9-11-15;1-3-2;1-2/h12-16,19,21,23H,11,17-18H2,1-10H3,(H,27,29);7-11,14,16,18,22H,6,12-13H2,1-5H3,(H,21,24);1H,2H3;1-2H/t19-,21+,23+;14-,16-,18+;;/m00../s1. The second-order valence-electron chi connectivity index (χ2n) is 19.1. The lowest BCUT2D eigenvalue weighted by atomic mass is 9.93. The molecule has 0 heterocycles. The number of terminal acetylenes is 2. The fourth-order valence-corrected chi connectivity index (χ4v) is 6.81. The van der Waals surface area contributed by atoms with E-state index in [1.807, 2.05) is 95.3 Å². The van der Waals surface area contributed by atoms with Crippen LogP contribution in [0.15, 0.2) is 60.7 Å². The minimum Gasteiger partial charge on any atom is -0.461 e. The first-order chi connectivity index (χ1) is 29.6. The number of benzene rings is 2. The van der Waals surface area contributed by atoms with Crippen LogP contribution >= 0.6 is 0 Å². The largest absolute Gasteiger partial charge is 0.461 e. The van der Waals surface area contributed by atoms with Crippen LogP contribution in [0.4, 0.5) is 9.59 Å². The van der Waals surface area contributed by atoms with E-state index in [1.54, 1.807) is 27.7 Å². The monoisotopic (exact) mass is 911 g/mol. The molecule has 2 rings (SSSR count). The van der Waals surface area contributed by atoms with Crippen LogP contribution in [0.2, 0.25) is 18.1 Å². The first-order valence-corrected chi connectivity index (χ1v) is 24.9. The van der Waals surface area contributed by atoms with Crippen molar-refractivity contribution in [3.05, 3.63) is 71.8 Å². The Balaban J connectivity index is 0. The predicted octanol–water partition coefficient (Wildman–Crippen LogP) is 10.8. The number of hydrogen-bond acceptors (Lipinski definition) is 10. The summed E-state index contributed by atoms with van der Waals surface area (Å²) >= 11 is 0. The van der Waals surface area contributed by atoms with Crippen LogP contribution in [0, 0.1) is 37.0 Å². The SMILES string of the molecule is C#C.C#CC.CC[C@H](C)[C@@H](NC(=O)OC(C)(C)C)[C@@H](CC(=O)OCc1ccccc1)O[Si](C)(C)C(C)(C)C.CC[C@H](C)[C@@H](NC(=O)OC(C)(C)C)[C@@H](O)CC(=O)OCc1ccccc1. The fourth-order valence-electron chi connectivity index (χ4n) is 5.47. The topological polar surface area (TPSA) is 159 Å². The van der Waals surface area contributed by atoms with Crippen molar-refractivity contribution in [1.29, 1.82) is 0 Å². The average Bonchev–Trinajstić information content (AvgIpc) is 3.19. The third-order valence-electron chi connectivity index (χ3n) is 10.2. The van der Waals surface area contributed by atoms with Gasteiger partial charge in [0.05, 0.1) is 37.1 Å². The maximum atomic E-state index is 12.9. The molecule has 13 heteroatoms. The van der Waals surface area contributed by atoms with Gasteiger partial charge >= 0.3 is 24.1 Å². The molecule has 0 aliphatic rings. The van der Waals surface area contributed by atoms with Crippen LogP contribution < -0.4 is 10.6 Å². The molecule has 0 aliphatic carbocycles. The molecule has 0 radical (unpaired) electrons. The number of ether oxygens (including phenoxy) is 4. The van der Waals surface area contributed by atoms with Gasteiger partial charge in [0.2, 0.25) is 0 Å². The van der Waals surface area contributed by atoms with Gasteiger partial charge in [-0.05, 0) is 89.6 Å². The van der Waals surface area contributed by atoms with Gasteiger partial charge in [0.1, 0.15) is 24.4 Å². The number of esters is 2. The van der Waals surface area contributed by atoms with E-state index in [0.717, 1.165) is 24.0 Å². The number of nitrogens with one attached hydrogen (secondary N) is 2. The highest BCUT2D eigenvalue weighted by atomic mass is 28.4. The fraction of sp³-hybridized carbons (Fsp3) is 0.608. The summed E-state index contributed by atoms with van der Waals surface area (Å²) in [6.45, 7) is 31.5. The Morgan fingerprint density at radius 2 is 1.02 bits per heavy atom. The molecule has 360 valence electrons. The minimum absolute atomic E-state index is 0.0283. The van der Waals surface area contributed by atoms with Gasteiger partial charge in [-0.25, -0.2) is 9.59 Å². The molecule has 3 N–H and O–H groups in total. The molecule has 0 aromatic heterocycles. The number of carbonyl (C=O) groups excluding carboxylic acids is 4. The normalized spacial score (nSPS) is 14.1. The summed E-state index contributed by atoms with van der Waals surface area (Å²) in [4.78, 5) is 49.6. The third-order valence-corrected chi connectivity index (χ3v) is 14.7. The van der Waals surface area contributed by atoms with Crippen molar-refractivity contribution in [2.24, 2.45) is 11.8 Å². The van der Waals surface area contributed by atoms with Gasteiger partial charge in [-0.1, -0.05) is 122 Å². The zero-order chi connectivity index (χ0) is 49.9. The van der Waals surface area contributed by atoms with E-state index in [2.05, 4.69) is 83.5 Å². The van der Waals surface area contributed by atoms with Gasteiger partial charge in [-0.2, -0.15) is 0 Å². The van der Waals surface area contributed by atoms with Gasteiger partial charge in [0.15, 0.2) is 8.32 Å². The van der Waals surface area contributed by atoms with Crippen molar-refractivity contribution in [2.45, 2.75) is 189 Å². The summed E-state index contributed by atoms with van der Waals surface area (Å²) in [5, 5.41) is 16.1. The molecule has 0 saturated heterocycles. The van der Waals surface area contributed by atoms with Crippen molar-refractivity contribution >= 4 is 32.4 Å². The third kappa shape index (κ3) is 27.4. The summed E-state index contributed by atoms with van der Waals surface area (Å²) in [7, 11) is -2.24. The zero-order valence-corrected chi connectivity index (χ0v) is 42.8. The molecular formula is C51H82N2O10Si. The summed E-state index contributed by atoms with van der Waals surface area (Å²) in [5.74, 6) is 1.44. The van der Waals surface area contributed by atoms with E-state index < -0.39 is 55.9 Å². The highest BCUT2D eigenvalue weighted by molar-refractivity contribution is 6.74. The Bertz CT molecular complexity index is 1690. The first-order valence-electron chi connectivity index (χ1n) is 22.0. The van der Waals surface area contributed by atoms with E-state index in [4.69, 9.17) is 23.4 Å². The van der Waals surface area contributed by atoms with E-state index in [0.29, 0.717) is 0 Å². The zero-order valence-electron chi connectivity index (χ0n) is 41.8. The Morgan fingerprint density at radius 3 is 1.36 bits per heavy atom. The number of aliphatic hydroxyl groups excluding tert-OH is 1. The molecule has 2 aromatic carbocycles. The number of rotatable bonds is 18. The smallest absolute Gasteiger partial charge is 0.407 e. The number of aliphatic hydroxyl groups is 1. The van der Waals surface area contributed by atoms with Crippen molar-refractivity contribution in [2.75, 3.05) is 0 Å². The lowest BCUT2D eigenvalue weighted by Crippen LogP contribution is -2.55. The Labute approximate surface area is 387 Å². The summed E-state index contributed by atoms with van der Waals surface area (Å²) < 4.78 is 28.2. The molecular weight excluding hydrogens is 829 g/mol. The predicted molar refractivity (Wildman–Crippen MR) is 259 cm³/mol. The molecule has 0 aliphatic heterocycles. The minimum atomic E-state index is -2.24. The second-order valence-corrected chi connectivity index (χ2v) is 23.8. The lowest BCUT2D eigenvalue weighted by Gasteiger charge is -2.42. The highest BCUT2D eigenvalue weighted by Gasteiger charge is 2.43. The maximum Gasteiger partial charge on any atom is 0.407 e. The number of alkyl carbamates (subject to hydrolysis) is 2. The second kappa shape index (κ2) is 30.3. The van der Waals surface area contributed by atoms with Gasteiger partial charge < -0.3 is 39.1 Å². The van der Waals surface area contributed by atoms with Crippen LogP contribution in [0.1, 0.15) is 134 Å². The van der Waals surface area contributed by atoms with Gasteiger partial charge in [-0.3, -0.25) is 9.59 Å². The van der Waals surface area contributed by atoms with E-state index >= 15 is 0 Å². The molecule has 6 atom stereocenters. The van der Waals surface area contributed by atoms with Gasteiger partial charge in [0.25, 0.3) is 0 Å². The van der Waals surface area contributed by atoms with E-state index in [1.165, 1.54) is 0 Å². The summed E-state index contributed by atoms with van der Waals surface area (Å²) in [5.41, 5.74) is 0.553. The molecule has 0 unspecified atom stereocenters. The lowest BCUT2D eigenvalue weighted by molar-refractivity contribution is -0.148. The number of carbonyl (C=O) groups is 4. The summed E-state index contributed by atoms with van der Waals surface area (Å²) in [6.07, 6.45) is 11.3. The molecule has 0 saturated carbocycles. The van der Waals surface area contributed by atoms with Gasteiger partial charge in [-0.15, -0.1) is 25.2 Å². The van der Waals surface area contributed by atoms with Crippen LogP contribution in [0.5, 0.6) is 0 Å². The van der Waals surface area contributed by atoms with Crippen LogP contribution in [-0.2, 0) is 46.2 Å². The van der Waals surface area contributed by atoms with Crippen molar-refractivity contribution in [1.82, 2.24) is 10.6 Å². The molecule has 2 amide bonds. The van der Waals surface area contributed by atoms with Crippen LogP contribution in [0.3, 0.4) is 0 Å². The van der Waals surface area contributed by atoms with E-state index in [9.17, 15) is 24.3 Å². The highest BCUT2D eigenvalue weighted by Crippen LogP contribution is 2.38. The van der Waals surface area contributed by atoms with Crippen molar-refractivity contribution in [3.63, 3.8) is 0 Å². The molecule has 12 nitrogen and oxygen atoms in total. The average molecular weight is 911 g/mol. The molecule has 0 fully saturated rings.